The maximum atomic E-state index is 10.9. The molecule has 0 aromatic carbocycles. The standard InChI is InChI=1S/C10H11N7O2/c11-15-9-4-3-8(17(18)19)10(14-9)12-6-7-2-1-5-13-16-7/h1-5H,6,11H2,(H2,12,14,15). The van der Waals surface area contributed by atoms with Crippen LogP contribution in [0.4, 0.5) is 17.3 Å². The first kappa shape index (κ1) is 12.6. The molecule has 19 heavy (non-hydrogen) atoms. The summed E-state index contributed by atoms with van der Waals surface area (Å²) in [5.41, 5.74) is 2.84. The highest BCUT2D eigenvalue weighted by Crippen LogP contribution is 2.23. The van der Waals surface area contributed by atoms with Gasteiger partial charge in [0.25, 0.3) is 0 Å². The van der Waals surface area contributed by atoms with Crippen molar-refractivity contribution in [2.75, 3.05) is 10.7 Å². The third kappa shape index (κ3) is 3.10. The Labute approximate surface area is 108 Å². The number of hydrogen-bond acceptors (Lipinski definition) is 8. The van der Waals surface area contributed by atoms with E-state index in [4.69, 9.17) is 5.84 Å². The zero-order chi connectivity index (χ0) is 13.7. The van der Waals surface area contributed by atoms with Crippen LogP contribution < -0.4 is 16.6 Å². The van der Waals surface area contributed by atoms with Gasteiger partial charge in [0.15, 0.2) is 0 Å². The molecule has 0 aliphatic carbocycles. The van der Waals surface area contributed by atoms with Gasteiger partial charge in [0.05, 0.1) is 17.2 Å². The summed E-state index contributed by atoms with van der Waals surface area (Å²) in [7, 11) is 0. The maximum absolute atomic E-state index is 10.9. The maximum Gasteiger partial charge on any atom is 0.311 e. The summed E-state index contributed by atoms with van der Waals surface area (Å²) in [6.07, 6.45) is 1.54. The second-order valence-corrected chi connectivity index (χ2v) is 3.53. The number of pyridine rings is 1. The van der Waals surface area contributed by atoms with Crippen molar-refractivity contribution in [3.8, 4) is 0 Å². The van der Waals surface area contributed by atoms with Gasteiger partial charge in [-0.25, -0.2) is 10.8 Å². The number of rotatable bonds is 5. The second kappa shape index (κ2) is 5.69. The van der Waals surface area contributed by atoms with E-state index in [9.17, 15) is 10.1 Å². The van der Waals surface area contributed by atoms with Crippen LogP contribution in [0, 0.1) is 10.1 Å². The first-order valence-electron chi connectivity index (χ1n) is 5.33. The lowest BCUT2D eigenvalue weighted by Gasteiger charge is -2.07. The molecule has 0 saturated heterocycles. The average molecular weight is 261 g/mol. The number of anilines is 2. The Balaban J connectivity index is 2.20. The number of nitro groups is 1. The van der Waals surface area contributed by atoms with Gasteiger partial charge in [-0.1, -0.05) is 0 Å². The summed E-state index contributed by atoms with van der Waals surface area (Å²) in [6.45, 7) is 0.274. The number of nitrogens with one attached hydrogen (secondary N) is 2. The highest BCUT2D eigenvalue weighted by atomic mass is 16.6. The predicted octanol–water partition coefficient (Wildman–Crippen LogP) is 0.677. The van der Waals surface area contributed by atoms with Crippen molar-refractivity contribution in [2.45, 2.75) is 6.54 Å². The average Bonchev–Trinajstić information content (AvgIpc) is 2.45. The van der Waals surface area contributed by atoms with E-state index in [-0.39, 0.29) is 18.1 Å². The van der Waals surface area contributed by atoms with Crippen molar-refractivity contribution in [3.63, 3.8) is 0 Å². The molecule has 0 unspecified atom stereocenters. The highest BCUT2D eigenvalue weighted by molar-refractivity contribution is 5.59. The number of hydrazine groups is 1. The Morgan fingerprint density at radius 2 is 2.21 bits per heavy atom. The van der Waals surface area contributed by atoms with E-state index in [1.807, 2.05) is 0 Å². The number of nitrogens with two attached hydrogens (primary N) is 1. The molecular formula is C10H11N7O2. The molecule has 2 aromatic heterocycles. The van der Waals surface area contributed by atoms with E-state index in [0.717, 1.165) is 0 Å². The van der Waals surface area contributed by atoms with Gasteiger partial charge in [-0.15, -0.1) is 0 Å². The molecule has 2 rings (SSSR count). The number of hydrogen-bond donors (Lipinski definition) is 3. The van der Waals surface area contributed by atoms with E-state index in [1.165, 1.54) is 12.1 Å². The monoisotopic (exact) mass is 261 g/mol. The third-order valence-corrected chi connectivity index (χ3v) is 2.28. The van der Waals surface area contributed by atoms with Crippen LogP contribution in [0.5, 0.6) is 0 Å². The summed E-state index contributed by atoms with van der Waals surface area (Å²) in [5.74, 6) is 5.66. The number of nitrogens with zero attached hydrogens (tertiary/aromatic N) is 4. The van der Waals surface area contributed by atoms with Crippen molar-refractivity contribution in [1.82, 2.24) is 15.2 Å². The molecule has 9 nitrogen and oxygen atoms in total. The topological polar surface area (TPSA) is 132 Å². The molecule has 0 spiro atoms. The fraction of sp³-hybridized carbons (Fsp3) is 0.100. The molecule has 0 amide bonds. The van der Waals surface area contributed by atoms with Crippen LogP contribution in [0.3, 0.4) is 0 Å². The summed E-state index contributed by atoms with van der Waals surface area (Å²) in [4.78, 5) is 14.3. The van der Waals surface area contributed by atoms with Crippen LogP contribution >= 0.6 is 0 Å². The molecule has 0 radical (unpaired) electrons. The molecule has 4 N–H and O–H groups in total. The molecule has 2 aromatic rings. The van der Waals surface area contributed by atoms with Gasteiger partial charge in [-0.3, -0.25) is 10.1 Å². The predicted molar refractivity (Wildman–Crippen MR) is 68.1 cm³/mol. The fourth-order valence-corrected chi connectivity index (χ4v) is 1.41. The minimum Gasteiger partial charge on any atom is -0.359 e. The second-order valence-electron chi connectivity index (χ2n) is 3.53. The van der Waals surface area contributed by atoms with Crippen LogP contribution in [0.25, 0.3) is 0 Å². The summed E-state index contributed by atoms with van der Waals surface area (Å²) in [5, 5.41) is 21.3. The van der Waals surface area contributed by atoms with Crippen molar-refractivity contribution < 1.29 is 4.92 Å². The van der Waals surface area contributed by atoms with Crippen LogP contribution in [-0.4, -0.2) is 20.1 Å². The van der Waals surface area contributed by atoms with Crippen LogP contribution in [0.1, 0.15) is 5.69 Å². The van der Waals surface area contributed by atoms with Crippen LogP contribution in [-0.2, 0) is 6.54 Å². The minimum absolute atomic E-state index is 0.117. The SMILES string of the molecule is NNc1ccc([N+](=O)[O-])c(NCc2cccnn2)n1. The lowest BCUT2D eigenvalue weighted by atomic mass is 10.3. The molecule has 2 heterocycles. The molecule has 0 atom stereocenters. The zero-order valence-corrected chi connectivity index (χ0v) is 9.78. The molecule has 0 bridgehead atoms. The van der Waals surface area contributed by atoms with E-state index >= 15 is 0 Å². The molecule has 0 aliphatic heterocycles. The Bertz CT molecular complexity index is 575. The van der Waals surface area contributed by atoms with Gasteiger partial charge < -0.3 is 10.7 Å². The lowest BCUT2D eigenvalue weighted by molar-refractivity contribution is -0.384. The number of aromatic nitrogens is 3. The normalized spacial score (nSPS) is 9.95. The smallest absolute Gasteiger partial charge is 0.311 e. The summed E-state index contributed by atoms with van der Waals surface area (Å²) < 4.78 is 0. The van der Waals surface area contributed by atoms with Crippen LogP contribution in [0.15, 0.2) is 30.5 Å². The van der Waals surface area contributed by atoms with Crippen molar-refractivity contribution in [1.29, 1.82) is 0 Å². The van der Waals surface area contributed by atoms with E-state index < -0.39 is 4.92 Å². The van der Waals surface area contributed by atoms with Gasteiger partial charge >= 0.3 is 5.69 Å². The van der Waals surface area contributed by atoms with Crippen LogP contribution in [0.2, 0.25) is 0 Å². The summed E-state index contributed by atoms with van der Waals surface area (Å²) >= 11 is 0. The molecular weight excluding hydrogens is 250 g/mol. The molecule has 0 aliphatic rings. The first-order chi connectivity index (χ1) is 9.20. The Hall–Kier alpha value is -2.81. The van der Waals surface area contributed by atoms with Crippen molar-refractivity contribution >= 4 is 17.3 Å². The van der Waals surface area contributed by atoms with Gasteiger partial charge in [0, 0.05) is 12.3 Å². The van der Waals surface area contributed by atoms with Gasteiger partial charge in [-0.05, 0) is 18.2 Å². The quantitative estimate of drug-likeness (QED) is 0.406. The molecule has 0 fully saturated rings. The van der Waals surface area contributed by atoms with Gasteiger partial charge in [0.2, 0.25) is 5.82 Å². The largest absolute Gasteiger partial charge is 0.359 e. The van der Waals surface area contributed by atoms with Crippen molar-refractivity contribution in [3.05, 3.63) is 46.3 Å². The van der Waals surface area contributed by atoms with Gasteiger partial charge in [-0.2, -0.15) is 10.2 Å². The molecule has 0 saturated carbocycles. The van der Waals surface area contributed by atoms with Gasteiger partial charge in [0.1, 0.15) is 5.82 Å². The minimum atomic E-state index is -0.522. The summed E-state index contributed by atoms with van der Waals surface area (Å²) in [6, 6.07) is 6.22. The Morgan fingerprint density at radius 3 is 2.84 bits per heavy atom. The third-order valence-electron chi connectivity index (χ3n) is 2.28. The van der Waals surface area contributed by atoms with E-state index in [0.29, 0.717) is 11.5 Å². The molecule has 98 valence electrons. The fourth-order valence-electron chi connectivity index (χ4n) is 1.41. The zero-order valence-electron chi connectivity index (χ0n) is 9.78. The van der Waals surface area contributed by atoms with E-state index in [2.05, 4.69) is 25.9 Å². The first-order valence-corrected chi connectivity index (χ1v) is 5.33. The van der Waals surface area contributed by atoms with E-state index in [1.54, 1.807) is 18.3 Å². The Morgan fingerprint density at radius 1 is 1.37 bits per heavy atom. The highest BCUT2D eigenvalue weighted by Gasteiger charge is 2.15. The number of nitrogen functional groups attached to an aromatic ring is 1. The lowest BCUT2D eigenvalue weighted by Crippen LogP contribution is -2.11. The van der Waals surface area contributed by atoms with Crippen molar-refractivity contribution in [2.24, 2.45) is 5.84 Å². The Kier molecular flexibility index (Phi) is 3.78. The molecule has 9 heteroatoms.